The van der Waals surface area contributed by atoms with Crippen LogP contribution in [0.15, 0.2) is 0 Å². The van der Waals surface area contributed by atoms with Crippen LogP contribution >= 0.6 is 0 Å². The summed E-state index contributed by atoms with van der Waals surface area (Å²) in [6.45, 7) is 7.76. The number of fused-ring (bicyclic) bond motifs is 3. The second kappa shape index (κ2) is 2.45. The van der Waals surface area contributed by atoms with Crippen molar-refractivity contribution >= 4 is 0 Å². The Hall–Kier alpha value is -0.160. The third kappa shape index (κ3) is 1.29. The van der Waals surface area contributed by atoms with Gasteiger partial charge in [0, 0.05) is 5.41 Å². The van der Waals surface area contributed by atoms with Gasteiger partial charge in [-0.2, -0.15) is 0 Å². The second-order valence-corrected chi connectivity index (χ2v) is 4.95. The van der Waals surface area contributed by atoms with Crippen LogP contribution in [0, 0.1) is 5.41 Å². The summed E-state index contributed by atoms with van der Waals surface area (Å²) in [7, 11) is 0. The lowest BCUT2D eigenvalue weighted by Crippen LogP contribution is -2.70. The van der Waals surface area contributed by atoms with Gasteiger partial charge in [0.2, 0.25) is 0 Å². The normalized spacial score (nSPS) is 45.2. The van der Waals surface area contributed by atoms with Gasteiger partial charge in [-0.25, -0.2) is 0 Å². The SMILES string of the molecule is CC12COC(C(C)(C)N)(OC1)OC2. The molecule has 4 heteroatoms. The highest BCUT2D eigenvalue weighted by Crippen LogP contribution is 2.42. The molecule has 3 fully saturated rings. The van der Waals surface area contributed by atoms with Crippen molar-refractivity contribution in [3.63, 3.8) is 0 Å². The van der Waals surface area contributed by atoms with Crippen molar-refractivity contribution in [1.29, 1.82) is 0 Å². The number of rotatable bonds is 1. The summed E-state index contributed by atoms with van der Waals surface area (Å²) in [5, 5.41) is 0. The lowest BCUT2D eigenvalue weighted by Gasteiger charge is -2.54. The molecule has 3 rings (SSSR count). The zero-order chi connectivity index (χ0) is 9.74. The molecule has 3 saturated heterocycles. The van der Waals surface area contributed by atoms with E-state index in [2.05, 4.69) is 6.92 Å². The van der Waals surface area contributed by atoms with Crippen molar-refractivity contribution in [1.82, 2.24) is 0 Å². The summed E-state index contributed by atoms with van der Waals surface area (Å²) in [5.74, 6) is -1.02. The highest BCUT2D eigenvalue weighted by molar-refractivity contribution is 4.94. The molecule has 0 atom stereocenters. The number of hydrogen-bond acceptors (Lipinski definition) is 4. The van der Waals surface area contributed by atoms with Gasteiger partial charge in [-0.05, 0) is 13.8 Å². The van der Waals surface area contributed by atoms with E-state index in [1.807, 2.05) is 13.8 Å². The molecule has 76 valence electrons. The smallest absolute Gasteiger partial charge is 0.301 e. The molecule has 2 N–H and O–H groups in total. The van der Waals surface area contributed by atoms with E-state index in [-0.39, 0.29) is 5.41 Å². The van der Waals surface area contributed by atoms with Crippen molar-refractivity contribution in [3.8, 4) is 0 Å². The summed E-state index contributed by atoms with van der Waals surface area (Å²) in [6.07, 6.45) is 0. The molecule has 0 aliphatic carbocycles. The Morgan fingerprint density at radius 1 is 1.08 bits per heavy atom. The van der Waals surface area contributed by atoms with Crippen molar-refractivity contribution in [2.45, 2.75) is 32.3 Å². The van der Waals surface area contributed by atoms with Gasteiger partial charge in [0.25, 0.3) is 0 Å². The van der Waals surface area contributed by atoms with E-state index in [9.17, 15) is 0 Å². The number of ether oxygens (including phenoxy) is 3. The first-order chi connectivity index (χ1) is 5.87. The van der Waals surface area contributed by atoms with Crippen LogP contribution in [-0.4, -0.2) is 31.3 Å². The van der Waals surface area contributed by atoms with Crippen LogP contribution in [0.1, 0.15) is 20.8 Å². The zero-order valence-corrected chi connectivity index (χ0v) is 8.42. The maximum atomic E-state index is 5.95. The average molecular weight is 187 g/mol. The minimum Gasteiger partial charge on any atom is -0.325 e. The molecule has 0 spiro atoms. The molecule has 0 saturated carbocycles. The Morgan fingerprint density at radius 3 is 1.77 bits per heavy atom. The van der Waals surface area contributed by atoms with Gasteiger partial charge in [0.1, 0.15) is 0 Å². The number of hydrogen-bond donors (Lipinski definition) is 1. The third-order valence-corrected chi connectivity index (χ3v) is 2.62. The molecule has 0 aromatic carbocycles. The molecule has 3 heterocycles. The maximum absolute atomic E-state index is 5.95. The molecule has 0 aromatic heterocycles. The van der Waals surface area contributed by atoms with E-state index < -0.39 is 11.5 Å². The van der Waals surface area contributed by atoms with Crippen LogP contribution in [0.2, 0.25) is 0 Å². The molecule has 4 nitrogen and oxygen atoms in total. The summed E-state index contributed by atoms with van der Waals surface area (Å²) >= 11 is 0. The zero-order valence-electron chi connectivity index (χ0n) is 8.42. The highest BCUT2D eigenvalue weighted by atomic mass is 16.9. The van der Waals surface area contributed by atoms with Crippen molar-refractivity contribution < 1.29 is 14.2 Å². The molecule has 0 aromatic rings. The van der Waals surface area contributed by atoms with Gasteiger partial charge in [-0.15, -0.1) is 0 Å². The summed E-state index contributed by atoms with van der Waals surface area (Å²) in [5.41, 5.74) is 5.33. The maximum Gasteiger partial charge on any atom is 0.301 e. The molecular formula is C9H17NO3. The predicted molar refractivity (Wildman–Crippen MR) is 47.0 cm³/mol. The topological polar surface area (TPSA) is 53.7 Å². The molecule has 3 aliphatic heterocycles. The van der Waals surface area contributed by atoms with Crippen LogP contribution in [-0.2, 0) is 14.2 Å². The largest absolute Gasteiger partial charge is 0.325 e. The van der Waals surface area contributed by atoms with Crippen LogP contribution < -0.4 is 5.73 Å². The van der Waals surface area contributed by atoms with Crippen LogP contribution in [0.4, 0.5) is 0 Å². The van der Waals surface area contributed by atoms with Crippen molar-refractivity contribution in [2.75, 3.05) is 19.8 Å². The fraction of sp³-hybridized carbons (Fsp3) is 1.00. The molecule has 0 unspecified atom stereocenters. The third-order valence-electron chi connectivity index (χ3n) is 2.62. The molecule has 3 aliphatic rings. The Labute approximate surface area is 78.3 Å². The Kier molecular flexibility index (Phi) is 1.77. The van der Waals surface area contributed by atoms with E-state index >= 15 is 0 Å². The number of nitrogens with two attached hydrogens (primary N) is 1. The predicted octanol–water partition coefficient (Wildman–Crippen LogP) is 0.461. The van der Waals surface area contributed by atoms with E-state index in [4.69, 9.17) is 19.9 Å². The second-order valence-electron chi connectivity index (χ2n) is 4.95. The molecule has 0 radical (unpaired) electrons. The molecule has 2 bridgehead atoms. The fourth-order valence-electron chi connectivity index (χ4n) is 1.62. The Bertz CT molecular complexity index is 197. The monoisotopic (exact) mass is 187 g/mol. The summed E-state index contributed by atoms with van der Waals surface area (Å²) in [6, 6.07) is 0. The van der Waals surface area contributed by atoms with Gasteiger partial charge in [-0.3, -0.25) is 0 Å². The molecule has 13 heavy (non-hydrogen) atoms. The average Bonchev–Trinajstić information content (AvgIpc) is 2.04. The van der Waals surface area contributed by atoms with E-state index in [0.717, 1.165) is 0 Å². The van der Waals surface area contributed by atoms with E-state index in [0.29, 0.717) is 19.8 Å². The molecule has 0 amide bonds. The fourth-order valence-corrected chi connectivity index (χ4v) is 1.62. The van der Waals surface area contributed by atoms with Gasteiger partial charge in [-0.1, -0.05) is 6.92 Å². The standard InChI is InChI=1S/C9H17NO3/c1-7(2,10)9-11-4-8(3,5-12-9)6-13-9/h4-6,10H2,1-3H3. The van der Waals surface area contributed by atoms with Crippen LogP contribution in [0.25, 0.3) is 0 Å². The minimum absolute atomic E-state index is 0.00694. The minimum atomic E-state index is -1.02. The van der Waals surface area contributed by atoms with Gasteiger partial charge in [0.15, 0.2) is 0 Å². The summed E-state index contributed by atoms with van der Waals surface area (Å²) < 4.78 is 16.7. The van der Waals surface area contributed by atoms with Crippen LogP contribution in [0.5, 0.6) is 0 Å². The van der Waals surface area contributed by atoms with E-state index in [1.165, 1.54) is 0 Å². The first kappa shape index (κ1) is 9.40. The van der Waals surface area contributed by atoms with Crippen molar-refractivity contribution in [2.24, 2.45) is 11.1 Å². The van der Waals surface area contributed by atoms with Crippen molar-refractivity contribution in [3.05, 3.63) is 0 Å². The quantitative estimate of drug-likeness (QED) is 0.648. The summed E-state index contributed by atoms with van der Waals surface area (Å²) in [4.78, 5) is 0. The van der Waals surface area contributed by atoms with Gasteiger partial charge < -0.3 is 19.9 Å². The van der Waals surface area contributed by atoms with Crippen LogP contribution in [0.3, 0.4) is 0 Å². The lowest BCUT2D eigenvalue weighted by atomic mass is 9.89. The Balaban J connectivity index is 2.20. The van der Waals surface area contributed by atoms with Gasteiger partial charge >= 0.3 is 5.97 Å². The molecular weight excluding hydrogens is 170 g/mol. The van der Waals surface area contributed by atoms with Gasteiger partial charge in [0.05, 0.1) is 25.4 Å². The van der Waals surface area contributed by atoms with E-state index in [1.54, 1.807) is 0 Å². The Morgan fingerprint density at radius 2 is 1.46 bits per heavy atom. The lowest BCUT2D eigenvalue weighted by molar-refractivity contribution is -0.483. The first-order valence-electron chi connectivity index (χ1n) is 4.58. The first-order valence-corrected chi connectivity index (χ1v) is 4.58. The highest BCUT2D eigenvalue weighted by Gasteiger charge is 2.57.